The molecule has 1 saturated heterocycles. The number of Topliss-reactive ketones (excluding diaryl/α,β-unsaturated/α-hetero) is 1. The van der Waals surface area contributed by atoms with Crippen molar-refractivity contribution in [3.8, 4) is 0 Å². The number of pyridine rings is 1. The van der Waals surface area contributed by atoms with Crippen molar-refractivity contribution in [3.05, 3.63) is 94.8 Å². The standard InChI is InChI=1S/C24H20ClN3O3/c1-27(2)18-9-11-19(12-10-18)28-21(16-4-3-13-26-14-16)20(23(30)24(28)31)22(29)15-5-7-17(25)8-6-15/h3-14,21,29H,1-2H3/b22-20+. The Balaban J connectivity index is 1.89. The normalized spacial score (nSPS) is 17.8. The van der Waals surface area contributed by atoms with Crippen LogP contribution in [0.5, 0.6) is 0 Å². The van der Waals surface area contributed by atoms with Crippen LogP contribution in [0.1, 0.15) is 17.2 Å². The largest absolute Gasteiger partial charge is 0.507 e. The maximum atomic E-state index is 13.1. The number of ketones is 1. The number of aliphatic hydroxyl groups excluding tert-OH is 1. The first-order chi connectivity index (χ1) is 14.9. The molecule has 0 bridgehead atoms. The second-order valence-corrected chi connectivity index (χ2v) is 7.81. The van der Waals surface area contributed by atoms with Gasteiger partial charge in [-0.3, -0.25) is 19.5 Å². The molecular weight excluding hydrogens is 414 g/mol. The minimum Gasteiger partial charge on any atom is -0.507 e. The lowest BCUT2D eigenvalue weighted by Crippen LogP contribution is -2.29. The van der Waals surface area contributed by atoms with Crippen LogP contribution in [0.4, 0.5) is 11.4 Å². The molecule has 0 saturated carbocycles. The van der Waals surface area contributed by atoms with Gasteiger partial charge in [0, 0.05) is 48.4 Å². The first-order valence-electron chi connectivity index (χ1n) is 9.62. The summed E-state index contributed by atoms with van der Waals surface area (Å²) in [7, 11) is 3.84. The Morgan fingerprint density at radius 2 is 1.71 bits per heavy atom. The summed E-state index contributed by atoms with van der Waals surface area (Å²) >= 11 is 5.95. The highest BCUT2D eigenvalue weighted by Gasteiger charge is 2.47. The number of hydrogen-bond donors (Lipinski definition) is 1. The Morgan fingerprint density at radius 1 is 1.03 bits per heavy atom. The highest BCUT2D eigenvalue weighted by Crippen LogP contribution is 2.42. The zero-order chi connectivity index (χ0) is 22.1. The molecule has 1 fully saturated rings. The van der Waals surface area contributed by atoms with Gasteiger partial charge >= 0.3 is 0 Å². The molecule has 31 heavy (non-hydrogen) atoms. The topological polar surface area (TPSA) is 73.7 Å². The monoisotopic (exact) mass is 433 g/mol. The predicted octanol–water partition coefficient (Wildman–Crippen LogP) is 4.43. The molecular formula is C24H20ClN3O3. The molecule has 1 unspecified atom stereocenters. The van der Waals surface area contributed by atoms with E-state index in [0.29, 0.717) is 21.8 Å². The van der Waals surface area contributed by atoms with Gasteiger partial charge in [-0.2, -0.15) is 0 Å². The number of rotatable bonds is 4. The Morgan fingerprint density at radius 3 is 2.29 bits per heavy atom. The SMILES string of the molecule is CN(C)c1ccc(N2C(=O)C(=O)/C(=C(/O)c3ccc(Cl)cc3)C2c2cccnc2)cc1. The number of carbonyl (C=O) groups excluding carboxylic acids is 2. The number of halogens is 1. The lowest BCUT2D eigenvalue weighted by atomic mass is 9.96. The Bertz CT molecular complexity index is 1160. The molecule has 2 heterocycles. The van der Waals surface area contributed by atoms with Gasteiger partial charge in [0.2, 0.25) is 0 Å². The molecule has 4 rings (SSSR count). The number of aromatic nitrogens is 1. The van der Waals surface area contributed by atoms with Crippen LogP contribution in [-0.2, 0) is 9.59 Å². The number of carbonyl (C=O) groups is 2. The molecule has 3 aromatic rings. The summed E-state index contributed by atoms with van der Waals surface area (Å²) < 4.78 is 0. The summed E-state index contributed by atoms with van der Waals surface area (Å²) in [6.07, 6.45) is 3.20. The molecule has 6 nitrogen and oxygen atoms in total. The molecule has 1 aliphatic heterocycles. The zero-order valence-electron chi connectivity index (χ0n) is 17.0. The molecule has 2 aromatic carbocycles. The van der Waals surface area contributed by atoms with Crippen LogP contribution in [0.2, 0.25) is 5.02 Å². The maximum absolute atomic E-state index is 13.1. The van der Waals surface area contributed by atoms with E-state index in [1.165, 1.54) is 4.90 Å². The summed E-state index contributed by atoms with van der Waals surface area (Å²) in [4.78, 5) is 33.6. The number of anilines is 2. The fourth-order valence-corrected chi connectivity index (χ4v) is 3.75. The van der Waals surface area contributed by atoms with E-state index in [2.05, 4.69) is 4.98 Å². The van der Waals surface area contributed by atoms with E-state index in [1.807, 2.05) is 31.1 Å². The Kier molecular flexibility index (Phi) is 5.48. The number of amides is 1. The van der Waals surface area contributed by atoms with Crippen molar-refractivity contribution < 1.29 is 14.7 Å². The Hall–Kier alpha value is -3.64. The molecule has 1 atom stereocenters. The second-order valence-electron chi connectivity index (χ2n) is 7.37. The quantitative estimate of drug-likeness (QED) is 0.374. The van der Waals surface area contributed by atoms with Gasteiger partial charge in [0.05, 0.1) is 11.6 Å². The summed E-state index contributed by atoms with van der Waals surface area (Å²) in [5, 5.41) is 11.5. The number of hydrogen-bond acceptors (Lipinski definition) is 5. The van der Waals surface area contributed by atoms with Crippen LogP contribution in [0.15, 0.2) is 78.6 Å². The van der Waals surface area contributed by atoms with Crippen LogP contribution >= 0.6 is 11.6 Å². The molecule has 1 aromatic heterocycles. The van der Waals surface area contributed by atoms with Gasteiger partial charge in [-0.05, 0) is 60.2 Å². The lowest BCUT2D eigenvalue weighted by Gasteiger charge is -2.25. The second kappa shape index (κ2) is 8.24. The van der Waals surface area contributed by atoms with Crippen molar-refractivity contribution >= 4 is 40.4 Å². The minimum atomic E-state index is -0.811. The summed E-state index contributed by atoms with van der Waals surface area (Å²) in [5.74, 6) is -1.71. The third-order valence-corrected chi connectivity index (χ3v) is 5.46. The van der Waals surface area contributed by atoms with E-state index < -0.39 is 17.7 Å². The summed E-state index contributed by atoms with van der Waals surface area (Å²) in [6.45, 7) is 0. The third-order valence-electron chi connectivity index (χ3n) is 5.21. The minimum absolute atomic E-state index is 0.0111. The fraction of sp³-hybridized carbons (Fsp3) is 0.125. The van der Waals surface area contributed by atoms with Crippen LogP contribution < -0.4 is 9.80 Å². The molecule has 1 aliphatic rings. The van der Waals surface area contributed by atoms with Crippen LogP contribution in [0, 0.1) is 0 Å². The zero-order valence-corrected chi connectivity index (χ0v) is 17.7. The van der Waals surface area contributed by atoms with Crippen molar-refractivity contribution in [3.63, 3.8) is 0 Å². The highest BCUT2D eigenvalue weighted by atomic mass is 35.5. The summed E-state index contributed by atoms with van der Waals surface area (Å²) in [5.41, 5.74) is 2.54. The van der Waals surface area contributed by atoms with Gasteiger partial charge in [0.1, 0.15) is 5.76 Å². The molecule has 1 N–H and O–H groups in total. The van der Waals surface area contributed by atoms with Crippen molar-refractivity contribution in [2.24, 2.45) is 0 Å². The molecule has 0 radical (unpaired) electrons. The third kappa shape index (κ3) is 3.78. The molecule has 0 spiro atoms. The van der Waals surface area contributed by atoms with Crippen molar-refractivity contribution in [2.45, 2.75) is 6.04 Å². The maximum Gasteiger partial charge on any atom is 0.300 e. The smallest absolute Gasteiger partial charge is 0.300 e. The number of benzene rings is 2. The molecule has 1 amide bonds. The van der Waals surface area contributed by atoms with Gasteiger partial charge in [-0.15, -0.1) is 0 Å². The molecule has 0 aliphatic carbocycles. The van der Waals surface area contributed by atoms with Gasteiger partial charge in [0.15, 0.2) is 0 Å². The van der Waals surface area contributed by atoms with Crippen molar-refractivity contribution in [1.82, 2.24) is 4.98 Å². The molecule has 7 heteroatoms. The van der Waals surface area contributed by atoms with E-state index in [9.17, 15) is 14.7 Å². The van der Waals surface area contributed by atoms with Crippen LogP contribution in [0.3, 0.4) is 0 Å². The van der Waals surface area contributed by atoms with Crippen LogP contribution in [-0.4, -0.2) is 35.9 Å². The number of aliphatic hydroxyl groups is 1. The van der Waals surface area contributed by atoms with Gasteiger partial charge in [0.25, 0.3) is 11.7 Å². The first-order valence-corrected chi connectivity index (χ1v) is 10.0. The van der Waals surface area contributed by atoms with E-state index in [1.54, 1.807) is 60.9 Å². The van der Waals surface area contributed by atoms with Crippen molar-refractivity contribution in [1.29, 1.82) is 0 Å². The summed E-state index contributed by atoms with van der Waals surface area (Å²) in [6, 6.07) is 16.5. The average Bonchev–Trinajstić information content (AvgIpc) is 3.05. The van der Waals surface area contributed by atoms with E-state index in [-0.39, 0.29) is 11.3 Å². The lowest BCUT2D eigenvalue weighted by molar-refractivity contribution is -0.132. The average molecular weight is 434 g/mol. The van der Waals surface area contributed by atoms with Gasteiger partial charge in [-0.1, -0.05) is 17.7 Å². The van der Waals surface area contributed by atoms with Gasteiger partial charge in [-0.25, -0.2) is 0 Å². The fourth-order valence-electron chi connectivity index (χ4n) is 3.63. The predicted molar refractivity (Wildman–Crippen MR) is 121 cm³/mol. The van der Waals surface area contributed by atoms with E-state index >= 15 is 0 Å². The Labute approximate surface area is 185 Å². The van der Waals surface area contributed by atoms with Crippen LogP contribution in [0.25, 0.3) is 5.76 Å². The molecule has 156 valence electrons. The van der Waals surface area contributed by atoms with Crippen molar-refractivity contribution in [2.75, 3.05) is 23.9 Å². The number of nitrogens with zero attached hydrogens (tertiary/aromatic N) is 3. The van der Waals surface area contributed by atoms with E-state index in [4.69, 9.17) is 11.6 Å². The van der Waals surface area contributed by atoms with E-state index in [0.717, 1.165) is 5.69 Å². The highest BCUT2D eigenvalue weighted by molar-refractivity contribution is 6.51. The van der Waals surface area contributed by atoms with Gasteiger partial charge < -0.3 is 10.0 Å². The first kappa shape index (κ1) is 20.6.